The monoisotopic (exact) mass is 732 g/mol. The van der Waals surface area contributed by atoms with E-state index in [0.717, 1.165) is 66.8 Å². The zero-order valence-electron chi connectivity index (χ0n) is 31.9. The molecule has 0 fully saturated rings. The maximum atomic E-state index is 13.1. The van der Waals surface area contributed by atoms with E-state index in [1.807, 2.05) is 58.0 Å². The number of rotatable bonds is 13. The van der Waals surface area contributed by atoms with Crippen molar-refractivity contribution in [3.8, 4) is 0 Å². The number of carbonyl (C=O) groups is 4. The van der Waals surface area contributed by atoms with E-state index in [1.54, 1.807) is 19.9 Å². The minimum absolute atomic E-state index is 0.0383. The van der Waals surface area contributed by atoms with Crippen LogP contribution in [0.3, 0.4) is 0 Å². The van der Waals surface area contributed by atoms with Gasteiger partial charge in [-0.3, -0.25) is 14.4 Å². The molecule has 0 aromatic carbocycles. The number of aryl methyl sites for hydroxylation is 3. The van der Waals surface area contributed by atoms with Gasteiger partial charge in [0.25, 0.3) is 0 Å². The molecule has 0 radical (unpaired) electrons. The smallest absolute Gasteiger partial charge is 0.326 e. The van der Waals surface area contributed by atoms with Crippen LogP contribution in [0.5, 0.6) is 0 Å². The number of nitrogens with one attached hydrogen (secondary N) is 4. The summed E-state index contributed by atoms with van der Waals surface area (Å²) < 4.78 is 0. The van der Waals surface area contributed by atoms with Crippen molar-refractivity contribution in [2.45, 2.75) is 86.2 Å². The Morgan fingerprint density at radius 3 is 1.89 bits per heavy atom. The Kier molecular flexibility index (Phi) is 11.5. The molecule has 3 aromatic rings. The Morgan fingerprint density at radius 1 is 0.704 bits per heavy atom. The second-order valence-electron chi connectivity index (χ2n) is 14.2. The van der Waals surface area contributed by atoms with E-state index in [4.69, 9.17) is 9.97 Å². The fourth-order valence-electron chi connectivity index (χ4n) is 6.92. The summed E-state index contributed by atoms with van der Waals surface area (Å²) >= 11 is 0. The van der Waals surface area contributed by atoms with Crippen LogP contribution in [0.25, 0.3) is 50.4 Å². The summed E-state index contributed by atoms with van der Waals surface area (Å²) in [5.74, 6) is -3.28. The second-order valence-corrected chi connectivity index (χ2v) is 14.2. The number of fused-ring (bicyclic) bond motifs is 8. The lowest BCUT2D eigenvalue weighted by molar-refractivity contribution is -0.143. The maximum Gasteiger partial charge on any atom is 0.326 e. The van der Waals surface area contributed by atoms with Crippen molar-refractivity contribution in [3.63, 3.8) is 0 Å². The molecule has 0 aliphatic carbocycles. The van der Waals surface area contributed by atoms with Gasteiger partial charge in [-0.2, -0.15) is 0 Å². The molecule has 5 rings (SSSR count). The zero-order valence-corrected chi connectivity index (χ0v) is 31.9. The molecule has 3 aromatic heterocycles. The van der Waals surface area contributed by atoms with Crippen molar-refractivity contribution in [2.24, 2.45) is 5.92 Å². The van der Waals surface area contributed by atoms with Gasteiger partial charge in [-0.1, -0.05) is 39.2 Å². The first-order valence-electron chi connectivity index (χ1n) is 18.0. The third-order valence-corrected chi connectivity index (χ3v) is 10.2. The summed E-state index contributed by atoms with van der Waals surface area (Å²) in [4.78, 5) is 66.3. The van der Waals surface area contributed by atoms with Gasteiger partial charge in [0.15, 0.2) is 0 Å². The Labute approximate surface area is 314 Å². The number of carbonyl (C=O) groups excluding carboxylic acids is 2. The van der Waals surface area contributed by atoms with E-state index in [0.29, 0.717) is 35.4 Å². The highest BCUT2D eigenvalue weighted by Gasteiger charge is 2.25. The van der Waals surface area contributed by atoms with Crippen LogP contribution in [-0.4, -0.2) is 66.0 Å². The lowest BCUT2D eigenvalue weighted by Crippen LogP contribution is -2.44. The van der Waals surface area contributed by atoms with E-state index in [-0.39, 0.29) is 24.7 Å². The predicted molar refractivity (Wildman–Crippen MR) is 213 cm³/mol. The van der Waals surface area contributed by atoms with Crippen molar-refractivity contribution in [2.75, 3.05) is 0 Å². The Morgan fingerprint density at radius 2 is 1.26 bits per heavy atom. The van der Waals surface area contributed by atoms with Gasteiger partial charge < -0.3 is 30.8 Å². The van der Waals surface area contributed by atoms with Crippen LogP contribution < -0.4 is 10.6 Å². The summed E-state index contributed by atoms with van der Waals surface area (Å²) in [6.07, 6.45) is 4.27. The van der Waals surface area contributed by atoms with Crippen LogP contribution >= 0.6 is 0 Å². The van der Waals surface area contributed by atoms with Crippen LogP contribution in [0, 0.1) is 19.8 Å². The zero-order chi connectivity index (χ0) is 39.6. The van der Waals surface area contributed by atoms with Crippen LogP contribution in [0.4, 0.5) is 0 Å². The SMILES string of the molecule is C=CC1=C(C)c2cc3[nH]c(cc4nc(cc5[nH]c(cc1n2)c(C)c5CCC(=O)N[C@@H](C)C(=O)O)C(CCC(=O)N[C@H](C(=O)O)C(C)C)=C4C)c(C)c3C=C. The van der Waals surface area contributed by atoms with Crippen LogP contribution in [0.2, 0.25) is 0 Å². The predicted octanol–water partition coefficient (Wildman–Crippen LogP) is 7.15. The fourth-order valence-corrected chi connectivity index (χ4v) is 6.92. The number of hydrogen-bond donors (Lipinski definition) is 6. The number of nitrogens with zero attached hydrogens (tertiary/aromatic N) is 2. The van der Waals surface area contributed by atoms with Gasteiger partial charge in [-0.15, -0.1) is 0 Å². The molecule has 6 N–H and O–H groups in total. The minimum Gasteiger partial charge on any atom is -0.480 e. The van der Waals surface area contributed by atoms with E-state index < -0.39 is 29.9 Å². The van der Waals surface area contributed by atoms with Crippen molar-refractivity contribution in [3.05, 3.63) is 88.5 Å². The summed E-state index contributed by atoms with van der Waals surface area (Å²) in [5, 5.41) is 24.2. The van der Waals surface area contributed by atoms with Crippen molar-refractivity contribution in [1.82, 2.24) is 30.6 Å². The summed E-state index contributed by atoms with van der Waals surface area (Å²) in [7, 11) is 0. The molecular weight excluding hydrogens is 684 g/mol. The Balaban J connectivity index is 1.75. The molecule has 0 spiro atoms. The molecule has 8 bridgehead atoms. The molecule has 2 aliphatic rings. The topological polar surface area (TPSA) is 190 Å². The normalized spacial score (nSPS) is 13.9. The van der Waals surface area contributed by atoms with Gasteiger partial charge in [0, 0.05) is 46.0 Å². The summed E-state index contributed by atoms with van der Waals surface area (Å²) in [6.45, 7) is 21.0. The number of H-pyrrole nitrogens is 2. The van der Waals surface area contributed by atoms with Crippen molar-refractivity contribution in [1.29, 1.82) is 0 Å². The highest BCUT2D eigenvalue weighted by Crippen LogP contribution is 2.36. The van der Waals surface area contributed by atoms with Gasteiger partial charge in [0.2, 0.25) is 11.8 Å². The summed E-state index contributed by atoms with van der Waals surface area (Å²) in [5.41, 5.74) is 13.1. The van der Waals surface area contributed by atoms with Crippen molar-refractivity contribution >= 4 is 74.2 Å². The Bertz CT molecular complexity index is 2320. The number of amides is 2. The lowest BCUT2D eigenvalue weighted by Gasteiger charge is -2.18. The Hall–Kier alpha value is -6.04. The molecule has 0 saturated carbocycles. The maximum absolute atomic E-state index is 13.1. The first kappa shape index (κ1) is 39.2. The molecule has 0 saturated heterocycles. The number of carboxylic acids is 2. The van der Waals surface area contributed by atoms with E-state index in [2.05, 4.69) is 33.8 Å². The van der Waals surface area contributed by atoms with Crippen molar-refractivity contribution < 1.29 is 29.4 Å². The first-order valence-corrected chi connectivity index (χ1v) is 18.0. The molecule has 5 heterocycles. The minimum atomic E-state index is -1.12. The van der Waals surface area contributed by atoms with E-state index in [1.165, 1.54) is 6.92 Å². The molecule has 2 aliphatic heterocycles. The standard InChI is InChI=1S/C42H48N6O6/c1-10-26-21(5)30-16-31-23(7)29(13-15-39(50)48-40(20(3)4)42(53)54)36(46-31)19-37-28(12-14-38(49)43-25(9)41(51)52)24(8)33(47-37)18-35-27(11-2)22(6)32(45-35)17-34(26)44-30/h10-11,16-20,25,40,44,47H,1-2,12-15H2,3-9H3,(H,43,49)(H,48,50)(H,51,52)(H,53,54)/t25-,40-/m0/s1. The fraction of sp³-hybridized carbons (Fsp3) is 0.333. The second kappa shape index (κ2) is 15.9. The molecular formula is C42H48N6O6. The van der Waals surface area contributed by atoms with Gasteiger partial charge in [0.1, 0.15) is 12.1 Å². The average Bonchev–Trinajstić information content (AvgIpc) is 3.77. The van der Waals surface area contributed by atoms with E-state index >= 15 is 0 Å². The third-order valence-electron chi connectivity index (χ3n) is 10.2. The van der Waals surface area contributed by atoms with Gasteiger partial charge in [-0.25, -0.2) is 14.8 Å². The number of allylic oxidation sites excluding steroid dienone is 5. The first-order chi connectivity index (χ1) is 25.5. The van der Waals surface area contributed by atoms with Crippen LogP contribution in [-0.2, 0) is 25.6 Å². The molecule has 54 heavy (non-hydrogen) atoms. The highest BCUT2D eigenvalue weighted by molar-refractivity contribution is 5.98. The lowest BCUT2D eigenvalue weighted by atomic mass is 9.99. The number of aromatic amines is 2. The number of hydrogen-bond acceptors (Lipinski definition) is 6. The van der Waals surface area contributed by atoms with Crippen LogP contribution in [0.15, 0.2) is 43.5 Å². The van der Waals surface area contributed by atoms with Crippen LogP contribution in [0.1, 0.15) is 98.9 Å². The highest BCUT2D eigenvalue weighted by atomic mass is 16.4. The van der Waals surface area contributed by atoms with Gasteiger partial charge >= 0.3 is 11.9 Å². The van der Waals surface area contributed by atoms with Gasteiger partial charge in [-0.05, 0) is 111 Å². The molecule has 282 valence electrons. The third kappa shape index (κ3) is 7.97. The largest absolute Gasteiger partial charge is 0.480 e. The molecule has 2 amide bonds. The van der Waals surface area contributed by atoms with Gasteiger partial charge in [0.05, 0.1) is 22.8 Å². The number of aliphatic carboxylic acids is 2. The quantitative estimate of drug-likeness (QED) is 0.107. The number of carboxylic acid groups (broad SMARTS) is 2. The molecule has 12 heteroatoms. The molecule has 2 atom stereocenters. The molecule has 0 unspecified atom stereocenters. The molecule has 12 nitrogen and oxygen atoms in total. The summed E-state index contributed by atoms with van der Waals surface area (Å²) in [6, 6.07) is 5.80. The van der Waals surface area contributed by atoms with E-state index in [9.17, 15) is 29.4 Å². The average molecular weight is 733 g/mol. The number of aromatic nitrogens is 4.